The highest BCUT2D eigenvalue weighted by Gasteiger charge is 1.89. The molecule has 0 aromatic heterocycles. The van der Waals surface area contributed by atoms with Crippen LogP contribution in [0.25, 0.3) is 0 Å². The van der Waals surface area contributed by atoms with Gasteiger partial charge in [-0.25, -0.2) is 0 Å². The lowest BCUT2D eigenvalue weighted by molar-refractivity contribution is 0.621. The maximum Gasteiger partial charge on any atom is 0.317 e. The van der Waals surface area contributed by atoms with Gasteiger partial charge >= 0.3 is 8.26 Å². The van der Waals surface area contributed by atoms with E-state index < -0.39 is 8.26 Å². The Morgan fingerprint density at radius 1 is 1.00 bits per heavy atom. The monoisotopic (exact) mass is 274 g/mol. The zero-order valence-electron chi connectivity index (χ0n) is 7.59. The van der Waals surface area contributed by atoms with Crippen LogP contribution in [-0.2, 0) is 8.26 Å². The summed E-state index contributed by atoms with van der Waals surface area (Å²) in [7, 11) is 4.81. The average molecular weight is 276 g/mol. The molecule has 0 amide bonds. The van der Waals surface area contributed by atoms with Crippen LogP contribution in [0.3, 0.4) is 0 Å². The number of benzene rings is 1. The molecule has 0 heterocycles. The van der Waals surface area contributed by atoms with Crippen LogP contribution in [0.1, 0.15) is 11.1 Å². The first-order chi connectivity index (χ1) is 6.18. The van der Waals surface area contributed by atoms with Crippen molar-refractivity contribution in [2.75, 3.05) is 0 Å². The van der Waals surface area contributed by atoms with E-state index in [0.29, 0.717) is 0 Å². The van der Waals surface area contributed by atoms with Crippen molar-refractivity contribution >= 4 is 41.2 Å². The topological polar surface area (TPSA) is 34.1 Å². The highest BCUT2D eigenvalue weighted by molar-refractivity contribution is 8.31. The van der Waals surface area contributed by atoms with Gasteiger partial charge in [0.25, 0.3) is 0 Å². The lowest BCUT2D eigenvalue weighted by Crippen LogP contribution is -1.74. The van der Waals surface area contributed by atoms with Gasteiger partial charge in [-0.1, -0.05) is 17.7 Å². The minimum Gasteiger partial charge on any atom is -0.195 e. The number of hydrogen-bond acceptors (Lipinski definition) is 2. The SMILES string of the molecule is Cc1cc(C)cc(Cl)c1.O=S(=O)(Cl)Cl. The third kappa shape index (κ3) is 10.1. The third-order valence-corrected chi connectivity index (χ3v) is 1.40. The second-order valence-electron chi connectivity index (χ2n) is 2.68. The normalized spacial score (nSPS) is 10.4. The minimum absolute atomic E-state index is 0.826. The highest BCUT2D eigenvalue weighted by atomic mass is 36.0. The summed E-state index contributed by atoms with van der Waals surface area (Å²) in [4.78, 5) is 0. The van der Waals surface area contributed by atoms with Gasteiger partial charge in [-0.05, 0) is 37.1 Å². The molecule has 0 aliphatic heterocycles. The summed E-state index contributed by atoms with van der Waals surface area (Å²) in [5.41, 5.74) is 2.44. The van der Waals surface area contributed by atoms with Gasteiger partial charge in [-0.3, -0.25) is 0 Å². The second-order valence-corrected chi connectivity index (χ2v) is 6.79. The van der Waals surface area contributed by atoms with Gasteiger partial charge in [0.1, 0.15) is 0 Å². The first-order valence-electron chi connectivity index (χ1n) is 3.56. The van der Waals surface area contributed by atoms with Crippen molar-refractivity contribution in [3.63, 3.8) is 0 Å². The first-order valence-corrected chi connectivity index (χ1v) is 7.08. The van der Waals surface area contributed by atoms with Gasteiger partial charge in [0, 0.05) is 26.4 Å². The Kier molecular flexibility index (Phi) is 5.83. The minimum atomic E-state index is -3.72. The lowest BCUT2D eigenvalue weighted by Gasteiger charge is -1.95. The van der Waals surface area contributed by atoms with E-state index in [1.807, 2.05) is 26.0 Å². The second kappa shape index (κ2) is 5.81. The molecule has 0 N–H and O–H groups in total. The van der Waals surface area contributed by atoms with Crippen LogP contribution < -0.4 is 0 Å². The summed E-state index contributed by atoms with van der Waals surface area (Å²) < 4.78 is 18.3. The molecule has 0 saturated heterocycles. The van der Waals surface area contributed by atoms with Gasteiger partial charge in [0.05, 0.1) is 0 Å². The molecule has 0 fully saturated rings. The fraction of sp³-hybridized carbons (Fsp3) is 0.250. The molecule has 0 unspecified atom stereocenters. The van der Waals surface area contributed by atoms with E-state index in [0.717, 1.165) is 5.02 Å². The number of rotatable bonds is 0. The summed E-state index contributed by atoms with van der Waals surface area (Å²) >= 11 is 5.75. The molecule has 14 heavy (non-hydrogen) atoms. The van der Waals surface area contributed by atoms with Crippen LogP contribution in [0, 0.1) is 13.8 Å². The predicted octanol–water partition coefficient (Wildman–Crippen LogP) is 3.67. The molecule has 2 nitrogen and oxygen atoms in total. The highest BCUT2D eigenvalue weighted by Crippen LogP contribution is 2.12. The summed E-state index contributed by atoms with van der Waals surface area (Å²) in [5.74, 6) is 0. The van der Waals surface area contributed by atoms with E-state index in [4.69, 9.17) is 20.0 Å². The van der Waals surface area contributed by atoms with Crippen molar-refractivity contribution in [1.82, 2.24) is 0 Å². The van der Waals surface area contributed by atoms with Gasteiger partial charge in [-0.2, -0.15) is 8.42 Å². The fourth-order valence-corrected chi connectivity index (χ4v) is 1.26. The molecular weight excluding hydrogens is 267 g/mol. The van der Waals surface area contributed by atoms with Crippen LogP contribution >= 0.6 is 33.0 Å². The molecule has 1 rings (SSSR count). The van der Waals surface area contributed by atoms with Crippen molar-refractivity contribution in [3.05, 3.63) is 34.3 Å². The van der Waals surface area contributed by atoms with Crippen molar-refractivity contribution < 1.29 is 8.42 Å². The Bertz CT molecular complexity index is 343. The van der Waals surface area contributed by atoms with Crippen LogP contribution in [0.4, 0.5) is 0 Å². The van der Waals surface area contributed by atoms with Crippen molar-refractivity contribution in [2.45, 2.75) is 13.8 Å². The molecule has 1 aromatic carbocycles. The predicted molar refractivity (Wildman–Crippen MR) is 61.6 cm³/mol. The third-order valence-electron chi connectivity index (χ3n) is 1.19. The Morgan fingerprint density at radius 2 is 1.29 bits per heavy atom. The van der Waals surface area contributed by atoms with Crippen LogP contribution in [-0.4, -0.2) is 8.42 Å². The van der Waals surface area contributed by atoms with Crippen molar-refractivity contribution in [1.29, 1.82) is 0 Å². The summed E-state index contributed by atoms with van der Waals surface area (Å²) in [6.45, 7) is 4.08. The van der Waals surface area contributed by atoms with E-state index in [-0.39, 0.29) is 0 Å². The zero-order chi connectivity index (χ0) is 11.4. The number of aryl methyl sites for hydroxylation is 2. The van der Waals surface area contributed by atoms with Crippen molar-refractivity contribution in [2.24, 2.45) is 0 Å². The molecule has 80 valence electrons. The molecule has 0 aliphatic carbocycles. The molecular formula is C8H9Cl3O2S. The molecule has 0 spiro atoms. The Balaban J connectivity index is 0.000000292. The van der Waals surface area contributed by atoms with E-state index in [9.17, 15) is 0 Å². The van der Waals surface area contributed by atoms with Gasteiger partial charge in [0.2, 0.25) is 0 Å². The smallest absolute Gasteiger partial charge is 0.195 e. The molecule has 0 aliphatic rings. The van der Waals surface area contributed by atoms with Gasteiger partial charge < -0.3 is 0 Å². The Labute approximate surface area is 97.7 Å². The van der Waals surface area contributed by atoms with Gasteiger partial charge in [-0.15, -0.1) is 0 Å². The summed E-state index contributed by atoms with van der Waals surface area (Å²) in [6, 6.07) is 6.01. The Hall–Kier alpha value is 0.0400. The Morgan fingerprint density at radius 3 is 1.50 bits per heavy atom. The maximum atomic E-state index is 9.16. The fourth-order valence-electron chi connectivity index (χ4n) is 0.919. The van der Waals surface area contributed by atoms with Crippen molar-refractivity contribution in [3.8, 4) is 0 Å². The van der Waals surface area contributed by atoms with Crippen LogP contribution in [0.5, 0.6) is 0 Å². The van der Waals surface area contributed by atoms with Crippen LogP contribution in [0.15, 0.2) is 18.2 Å². The van der Waals surface area contributed by atoms with E-state index in [1.165, 1.54) is 11.1 Å². The molecule has 0 radical (unpaired) electrons. The summed E-state index contributed by atoms with van der Waals surface area (Å²) in [6.07, 6.45) is 0. The number of hydrogen-bond donors (Lipinski definition) is 0. The van der Waals surface area contributed by atoms with E-state index >= 15 is 0 Å². The van der Waals surface area contributed by atoms with Crippen LogP contribution in [0.2, 0.25) is 5.02 Å². The first kappa shape index (κ1) is 14.0. The average Bonchev–Trinajstić information content (AvgIpc) is 1.77. The maximum absolute atomic E-state index is 9.16. The molecule has 1 aromatic rings. The van der Waals surface area contributed by atoms with Gasteiger partial charge in [0.15, 0.2) is 0 Å². The molecule has 0 bridgehead atoms. The molecule has 6 heteroatoms. The molecule has 0 saturated carbocycles. The zero-order valence-corrected chi connectivity index (χ0v) is 10.7. The number of halogens is 3. The lowest BCUT2D eigenvalue weighted by atomic mass is 10.2. The standard InChI is InChI=1S/C8H9Cl.Cl2O2S/c1-6-3-7(2)5-8(9)4-6;1-5(2,3)4/h3-5H,1-2H3;. The molecule has 0 atom stereocenters. The summed E-state index contributed by atoms with van der Waals surface area (Å²) in [5, 5.41) is 0.826. The van der Waals surface area contributed by atoms with E-state index in [1.54, 1.807) is 0 Å². The quantitative estimate of drug-likeness (QED) is 0.677. The largest absolute Gasteiger partial charge is 0.317 e. The van der Waals surface area contributed by atoms with E-state index in [2.05, 4.69) is 27.4 Å².